The third-order valence-corrected chi connectivity index (χ3v) is 6.45. The van der Waals surface area contributed by atoms with Gasteiger partial charge in [-0.1, -0.05) is 23.7 Å². The fourth-order valence-corrected chi connectivity index (χ4v) is 4.58. The zero-order chi connectivity index (χ0) is 23.4. The van der Waals surface area contributed by atoms with Crippen LogP contribution in [0.25, 0.3) is 0 Å². The van der Waals surface area contributed by atoms with E-state index in [1.54, 1.807) is 13.0 Å². The molecular formula is C22H27ClN8OS. The van der Waals surface area contributed by atoms with Crippen LogP contribution in [-0.2, 0) is 11.2 Å². The molecule has 3 aromatic rings. The molecule has 1 amide bonds. The minimum Gasteiger partial charge on any atom is -0.344 e. The van der Waals surface area contributed by atoms with Gasteiger partial charge in [0.1, 0.15) is 17.5 Å². The largest absolute Gasteiger partial charge is 0.344 e. The Labute approximate surface area is 202 Å². The molecule has 9 nitrogen and oxygen atoms in total. The van der Waals surface area contributed by atoms with Crippen molar-refractivity contribution >= 4 is 40.0 Å². The second kappa shape index (κ2) is 10.5. The second-order valence-electron chi connectivity index (χ2n) is 8.12. The van der Waals surface area contributed by atoms with Crippen LogP contribution in [0, 0.1) is 13.8 Å². The number of halogens is 1. The van der Waals surface area contributed by atoms with Crippen molar-refractivity contribution < 1.29 is 4.79 Å². The van der Waals surface area contributed by atoms with E-state index in [0.29, 0.717) is 24.6 Å². The molecule has 2 aromatic heterocycles. The molecule has 0 radical (unpaired) electrons. The van der Waals surface area contributed by atoms with Gasteiger partial charge >= 0.3 is 0 Å². The van der Waals surface area contributed by atoms with Crippen LogP contribution in [0.2, 0.25) is 5.02 Å². The topological polar surface area (TPSA) is 113 Å². The van der Waals surface area contributed by atoms with Crippen molar-refractivity contribution in [1.29, 1.82) is 0 Å². The van der Waals surface area contributed by atoms with E-state index in [4.69, 9.17) is 22.3 Å². The van der Waals surface area contributed by atoms with E-state index in [9.17, 15) is 4.79 Å². The lowest BCUT2D eigenvalue weighted by Crippen LogP contribution is -2.52. The number of hydrogen-bond donors (Lipinski definition) is 2. The molecule has 0 spiro atoms. The van der Waals surface area contributed by atoms with Crippen LogP contribution in [0.3, 0.4) is 0 Å². The molecule has 1 unspecified atom stereocenters. The quantitative estimate of drug-likeness (QED) is 0.523. The summed E-state index contributed by atoms with van der Waals surface area (Å²) in [6, 6.07) is 8.84. The molecule has 174 valence electrons. The first-order chi connectivity index (χ1) is 15.9. The molecule has 1 aromatic carbocycles. The van der Waals surface area contributed by atoms with E-state index >= 15 is 0 Å². The van der Waals surface area contributed by atoms with Gasteiger partial charge in [0.15, 0.2) is 0 Å². The minimum atomic E-state index is -0.639. The summed E-state index contributed by atoms with van der Waals surface area (Å²) in [6.07, 6.45) is 0.684. The molecule has 3 N–H and O–H groups in total. The summed E-state index contributed by atoms with van der Waals surface area (Å²) in [7, 11) is 0. The fourth-order valence-electron chi connectivity index (χ4n) is 3.71. The van der Waals surface area contributed by atoms with Gasteiger partial charge in [-0.15, -0.1) is 0 Å². The molecule has 1 saturated heterocycles. The fraction of sp³-hybridized carbons (Fsp3) is 0.409. The molecule has 11 heteroatoms. The van der Waals surface area contributed by atoms with E-state index in [-0.39, 0.29) is 5.91 Å². The first-order valence-corrected chi connectivity index (χ1v) is 11.9. The molecule has 4 rings (SSSR count). The van der Waals surface area contributed by atoms with Crippen LogP contribution in [0.4, 0.5) is 10.9 Å². The number of carbonyl (C=O) groups excluding carboxylic acids is 1. The smallest absolute Gasteiger partial charge is 0.243 e. The van der Waals surface area contributed by atoms with Gasteiger partial charge in [0.2, 0.25) is 11.0 Å². The second-order valence-corrected chi connectivity index (χ2v) is 9.29. The number of rotatable bonds is 7. The van der Waals surface area contributed by atoms with Gasteiger partial charge < -0.3 is 16.0 Å². The highest BCUT2D eigenvalue weighted by Crippen LogP contribution is 2.21. The van der Waals surface area contributed by atoms with Gasteiger partial charge in [-0.05, 0) is 31.5 Å². The molecule has 0 saturated carbocycles. The normalized spacial score (nSPS) is 15.5. The standard InChI is InChI=1S/C22H27ClN8OS/c1-14-11-19(26-15(2)25-14)27-21(32)18(24)13-30-7-9-31(10-8-30)22-28-20(29-33-22)12-16-3-5-17(23)6-4-16/h3-6,11,18H,7-10,12-13,24H2,1-2H3,(H,25,26,27,32). The van der Waals surface area contributed by atoms with Crippen molar-refractivity contribution in [1.82, 2.24) is 24.2 Å². The lowest BCUT2D eigenvalue weighted by atomic mass is 10.1. The predicted octanol–water partition coefficient (Wildman–Crippen LogP) is 2.28. The van der Waals surface area contributed by atoms with Gasteiger partial charge in [0, 0.05) is 67.5 Å². The first kappa shape index (κ1) is 23.5. The zero-order valence-electron chi connectivity index (χ0n) is 18.7. The average molecular weight is 487 g/mol. The zero-order valence-corrected chi connectivity index (χ0v) is 20.2. The van der Waals surface area contributed by atoms with Crippen molar-refractivity contribution in [3.05, 3.63) is 58.3 Å². The number of carbonyl (C=O) groups is 1. The Hall–Kier alpha value is -2.66. The minimum absolute atomic E-state index is 0.245. The molecule has 0 aliphatic carbocycles. The Morgan fingerprint density at radius 2 is 1.88 bits per heavy atom. The van der Waals surface area contributed by atoms with Gasteiger partial charge in [0.25, 0.3) is 0 Å². The van der Waals surface area contributed by atoms with Gasteiger partial charge in [-0.3, -0.25) is 9.69 Å². The van der Waals surface area contributed by atoms with Crippen LogP contribution >= 0.6 is 23.1 Å². The van der Waals surface area contributed by atoms with E-state index < -0.39 is 6.04 Å². The van der Waals surface area contributed by atoms with Crippen LogP contribution in [-0.4, -0.2) is 68.9 Å². The van der Waals surface area contributed by atoms with E-state index in [1.165, 1.54) is 11.5 Å². The van der Waals surface area contributed by atoms with Crippen LogP contribution in [0.5, 0.6) is 0 Å². The maximum absolute atomic E-state index is 12.5. The Bertz CT molecular complexity index is 1080. The van der Waals surface area contributed by atoms with Gasteiger partial charge in [-0.25, -0.2) is 15.0 Å². The molecule has 1 aliphatic rings. The summed E-state index contributed by atoms with van der Waals surface area (Å²) in [6.45, 7) is 7.38. The number of nitrogens with two attached hydrogens (primary N) is 1. The number of aryl methyl sites for hydroxylation is 2. The number of hydrogen-bond acceptors (Lipinski definition) is 9. The maximum Gasteiger partial charge on any atom is 0.243 e. The summed E-state index contributed by atoms with van der Waals surface area (Å²) >= 11 is 7.37. The van der Waals surface area contributed by atoms with E-state index in [2.05, 4.69) is 29.5 Å². The average Bonchev–Trinajstić information content (AvgIpc) is 3.23. The highest BCUT2D eigenvalue weighted by molar-refractivity contribution is 7.09. The Morgan fingerprint density at radius 3 is 2.58 bits per heavy atom. The van der Waals surface area contributed by atoms with Crippen molar-refractivity contribution in [2.24, 2.45) is 5.73 Å². The van der Waals surface area contributed by atoms with E-state index in [0.717, 1.165) is 53.4 Å². The number of amides is 1. The number of anilines is 2. The summed E-state index contributed by atoms with van der Waals surface area (Å²) in [4.78, 5) is 30.1. The van der Waals surface area contributed by atoms with Gasteiger partial charge in [0.05, 0.1) is 6.04 Å². The summed E-state index contributed by atoms with van der Waals surface area (Å²) in [5.41, 5.74) is 8.10. The first-order valence-electron chi connectivity index (χ1n) is 10.8. The van der Waals surface area contributed by atoms with Gasteiger partial charge in [-0.2, -0.15) is 4.37 Å². The van der Waals surface area contributed by atoms with Crippen molar-refractivity contribution in [3.63, 3.8) is 0 Å². The number of nitrogens with zero attached hydrogens (tertiary/aromatic N) is 6. The van der Waals surface area contributed by atoms with Crippen molar-refractivity contribution in [3.8, 4) is 0 Å². The third-order valence-electron chi connectivity index (χ3n) is 5.38. The Kier molecular flexibility index (Phi) is 7.49. The molecule has 33 heavy (non-hydrogen) atoms. The number of aromatic nitrogens is 4. The number of benzene rings is 1. The van der Waals surface area contributed by atoms with Crippen LogP contribution < -0.4 is 16.0 Å². The van der Waals surface area contributed by atoms with E-state index in [1.807, 2.05) is 31.2 Å². The molecule has 1 fully saturated rings. The predicted molar refractivity (Wildman–Crippen MR) is 131 cm³/mol. The Morgan fingerprint density at radius 1 is 1.15 bits per heavy atom. The molecular weight excluding hydrogens is 460 g/mol. The maximum atomic E-state index is 12.5. The lowest BCUT2D eigenvalue weighted by molar-refractivity contribution is -0.117. The lowest BCUT2D eigenvalue weighted by Gasteiger charge is -2.35. The molecule has 1 aliphatic heterocycles. The van der Waals surface area contributed by atoms with Crippen molar-refractivity contribution in [2.45, 2.75) is 26.3 Å². The number of piperazine rings is 1. The number of nitrogens with one attached hydrogen (secondary N) is 1. The highest BCUT2D eigenvalue weighted by atomic mass is 35.5. The van der Waals surface area contributed by atoms with Crippen LogP contribution in [0.15, 0.2) is 30.3 Å². The SMILES string of the molecule is Cc1cc(NC(=O)C(N)CN2CCN(c3nc(Cc4ccc(Cl)cc4)ns3)CC2)nc(C)n1. The third kappa shape index (κ3) is 6.44. The van der Waals surface area contributed by atoms with Crippen molar-refractivity contribution in [2.75, 3.05) is 42.9 Å². The Balaban J connectivity index is 1.25. The molecule has 0 bridgehead atoms. The molecule has 3 heterocycles. The summed E-state index contributed by atoms with van der Waals surface area (Å²) in [5.74, 6) is 1.67. The molecule has 1 atom stereocenters. The summed E-state index contributed by atoms with van der Waals surface area (Å²) < 4.78 is 4.51. The van der Waals surface area contributed by atoms with Crippen LogP contribution in [0.1, 0.15) is 22.9 Å². The summed E-state index contributed by atoms with van der Waals surface area (Å²) in [5, 5.41) is 4.45. The highest BCUT2D eigenvalue weighted by Gasteiger charge is 2.24. The monoisotopic (exact) mass is 486 g/mol.